The topological polar surface area (TPSA) is 117 Å². The molecule has 26 heavy (non-hydrogen) atoms. The smallest absolute Gasteiger partial charge is 0.329 e. The number of fused-ring (bicyclic) bond motifs is 1. The summed E-state index contributed by atoms with van der Waals surface area (Å²) < 4.78 is 4.73. The predicted molar refractivity (Wildman–Crippen MR) is 94.5 cm³/mol. The van der Waals surface area contributed by atoms with Crippen LogP contribution < -0.4 is 0 Å². The summed E-state index contributed by atoms with van der Waals surface area (Å²) in [6, 6.07) is 9.19. The van der Waals surface area contributed by atoms with E-state index in [-0.39, 0.29) is 11.6 Å². The Kier molecular flexibility index (Phi) is 5.14. The SMILES string of the molecule is COC(=O)C(C#N)c1nc2ccccc2nc1Sc1n[nH]c(C(C)C)n1. The maximum absolute atomic E-state index is 12.0. The van der Waals surface area contributed by atoms with E-state index in [1.165, 1.54) is 7.11 Å². The van der Waals surface area contributed by atoms with E-state index in [1.807, 2.05) is 38.1 Å². The lowest BCUT2D eigenvalue weighted by molar-refractivity contribution is -0.141. The lowest BCUT2D eigenvalue weighted by Gasteiger charge is -2.11. The fraction of sp³-hybridized carbons (Fsp3) is 0.294. The number of aromatic nitrogens is 5. The number of carbonyl (C=O) groups excluding carboxylic acids is 1. The molecule has 3 rings (SSSR count). The minimum Gasteiger partial charge on any atom is -0.468 e. The molecule has 9 heteroatoms. The van der Waals surface area contributed by atoms with Crippen LogP contribution in [0.15, 0.2) is 34.4 Å². The summed E-state index contributed by atoms with van der Waals surface area (Å²) in [6.07, 6.45) is 0. The van der Waals surface area contributed by atoms with E-state index < -0.39 is 11.9 Å². The van der Waals surface area contributed by atoms with Gasteiger partial charge in [0, 0.05) is 5.92 Å². The number of rotatable bonds is 5. The van der Waals surface area contributed by atoms with E-state index in [2.05, 4.69) is 25.1 Å². The van der Waals surface area contributed by atoms with Gasteiger partial charge in [-0.1, -0.05) is 26.0 Å². The molecule has 0 aliphatic heterocycles. The second kappa shape index (κ2) is 7.49. The first kappa shape index (κ1) is 17.8. The number of ether oxygens (including phenoxy) is 1. The van der Waals surface area contributed by atoms with Gasteiger partial charge in [0.2, 0.25) is 5.16 Å². The molecule has 0 saturated carbocycles. The van der Waals surface area contributed by atoms with Gasteiger partial charge in [-0.05, 0) is 23.9 Å². The zero-order chi connectivity index (χ0) is 18.7. The van der Waals surface area contributed by atoms with Gasteiger partial charge >= 0.3 is 5.97 Å². The van der Waals surface area contributed by atoms with Crippen molar-refractivity contribution in [3.05, 3.63) is 35.8 Å². The van der Waals surface area contributed by atoms with Gasteiger partial charge in [0.1, 0.15) is 16.5 Å². The molecule has 2 aromatic heterocycles. The molecule has 0 fully saturated rings. The summed E-state index contributed by atoms with van der Waals surface area (Å²) in [5.41, 5.74) is 1.48. The minimum atomic E-state index is -1.18. The van der Waals surface area contributed by atoms with Crippen molar-refractivity contribution in [3.63, 3.8) is 0 Å². The van der Waals surface area contributed by atoms with Crippen LogP contribution in [-0.2, 0) is 9.53 Å². The number of hydrogen-bond donors (Lipinski definition) is 1. The third-order valence-electron chi connectivity index (χ3n) is 3.62. The molecule has 132 valence electrons. The Morgan fingerprint density at radius 2 is 1.92 bits per heavy atom. The third-order valence-corrected chi connectivity index (χ3v) is 4.48. The van der Waals surface area contributed by atoms with Crippen LogP contribution in [0.25, 0.3) is 11.0 Å². The van der Waals surface area contributed by atoms with E-state index in [9.17, 15) is 10.1 Å². The highest BCUT2D eigenvalue weighted by molar-refractivity contribution is 7.99. The average molecular weight is 368 g/mol. The lowest BCUT2D eigenvalue weighted by atomic mass is 10.1. The van der Waals surface area contributed by atoms with Crippen LogP contribution in [0, 0.1) is 11.3 Å². The number of nitrogens with one attached hydrogen (secondary N) is 1. The second-order valence-corrected chi connectivity index (χ2v) is 6.70. The number of nitrogens with zero attached hydrogens (tertiary/aromatic N) is 5. The molecule has 0 bridgehead atoms. The predicted octanol–water partition coefficient (Wildman–Crippen LogP) is 2.80. The molecule has 0 radical (unpaired) electrons. The number of benzene rings is 1. The van der Waals surface area contributed by atoms with Gasteiger partial charge in [-0.15, -0.1) is 5.10 Å². The molecule has 2 heterocycles. The molecule has 8 nitrogen and oxygen atoms in total. The Morgan fingerprint density at radius 1 is 1.23 bits per heavy atom. The molecule has 1 N–H and O–H groups in total. The monoisotopic (exact) mass is 368 g/mol. The molecule has 0 spiro atoms. The van der Waals surface area contributed by atoms with Gasteiger partial charge in [-0.25, -0.2) is 15.0 Å². The molecular formula is C17H16N6O2S. The highest BCUT2D eigenvalue weighted by Gasteiger charge is 2.28. The Bertz CT molecular complexity index is 994. The lowest BCUT2D eigenvalue weighted by Crippen LogP contribution is -2.15. The van der Waals surface area contributed by atoms with Gasteiger partial charge in [-0.2, -0.15) is 5.26 Å². The number of para-hydroxylation sites is 2. The number of hydrogen-bond acceptors (Lipinski definition) is 8. The average Bonchev–Trinajstić information content (AvgIpc) is 3.11. The van der Waals surface area contributed by atoms with Crippen molar-refractivity contribution in [3.8, 4) is 6.07 Å². The fourth-order valence-electron chi connectivity index (χ4n) is 2.25. The highest BCUT2D eigenvalue weighted by atomic mass is 32.2. The van der Waals surface area contributed by atoms with Crippen molar-refractivity contribution in [1.29, 1.82) is 5.26 Å². The summed E-state index contributed by atoms with van der Waals surface area (Å²) in [4.78, 5) is 25.5. The van der Waals surface area contributed by atoms with Crippen molar-refractivity contribution in [2.75, 3.05) is 7.11 Å². The zero-order valence-electron chi connectivity index (χ0n) is 14.4. The van der Waals surface area contributed by atoms with Crippen LogP contribution in [0.5, 0.6) is 0 Å². The first-order valence-corrected chi connectivity index (χ1v) is 8.69. The number of methoxy groups -OCH3 is 1. The largest absolute Gasteiger partial charge is 0.468 e. The zero-order valence-corrected chi connectivity index (χ0v) is 15.2. The van der Waals surface area contributed by atoms with Crippen LogP contribution in [-0.4, -0.2) is 38.2 Å². The van der Waals surface area contributed by atoms with Crippen LogP contribution in [0.3, 0.4) is 0 Å². The first-order chi connectivity index (χ1) is 12.5. The minimum absolute atomic E-state index is 0.195. The summed E-state index contributed by atoms with van der Waals surface area (Å²) in [5, 5.41) is 17.3. The fourth-order valence-corrected chi connectivity index (χ4v) is 3.07. The van der Waals surface area contributed by atoms with Crippen molar-refractivity contribution in [1.82, 2.24) is 25.1 Å². The molecule has 1 aromatic carbocycles. The van der Waals surface area contributed by atoms with Crippen molar-refractivity contribution in [2.45, 2.75) is 35.9 Å². The van der Waals surface area contributed by atoms with Gasteiger partial charge in [-0.3, -0.25) is 9.89 Å². The summed E-state index contributed by atoms with van der Waals surface area (Å²) in [7, 11) is 1.23. The number of H-pyrrole nitrogens is 1. The molecule has 3 aromatic rings. The van der Waals surface area contributed by atoms with Gasteiger partial charge < -0.3 is 4.74 Å². The van der Waals surface area contributed by atoms with E-state index in [4.69, 9.17) is 4.74 Å². The van der Waals surface area contributed by atoms with Crippen molar-refractivity contribution >= 4 is 28.8 Å². The van der Waals surface area contributed by atoms with Crippen LogP contribution in [0.2, 0.25) is 0 Å². The Morgan fingerprint density at radius 3 is 2.50 bits per heavy atom. The summed E-state index contributed by atoms with van der Waals surface area (Å²) >= 11 is 1.15. The maximum atomic E-state index is 12.0. The quantitative estimate of drug-likeness (QED) is 0.683. The molecule has 0 saturated heterocycles. The van der Waals surface area contributed by atoms with E-state index >= 15 is 0 Å². The molecule has 0 aliphatic rings. The molecule has 0 amide bonds. The van der Waals surface area contributed by atoms with Crippen LogP contribution in [0.4, 0.5) is 0 Å². The summed E-state index contributed by atoms with van der Waals surface area (Å²) in [6.45, 7) is 4.00. The van der Waals surface area contributed by atoms with Crippen molar-refractivity contribution < 1.29 is 9.53 Å². The van der Waals surface area contributed by atoms with Gasteiger partial charge in [0.25, 0.3) is 0 Å². The number of carbonyl (C=O) groups is 1. The summed E-state index contributed by atoms with van der Waals surface area (Å²) in [5.74, 6) is -0.923. The molecule has 1 unspecified atom stereocenters. The number of esters is 1. The van der Waals surface area contributed by atoms with E-state index in [1.54, 1.807) is 6.07 Å². The Balaban J connectivity index is 2.10. The molecule has 0 aliphatic carbocycles. The van der Waals surface area contributed by atoms with Gasteiger partial charge in [0.15, 0.2) is 5.92 Å². The second-order valence-electron chi connectivity index (χ2n) is 5.75. The van der Waals surface area contributed by atoms with Crippen LogP contribution >= 0.6 is 11.8 Å². The Labute approximate surface area is 154 Å². The normalized spacial score (nSPS) is 12.1. The first-order valence-electron chi connectivity index (χ1n) is 7.87. The van der Waals surface area contributed by atoms with Gasteiger partial charge in [0.05, 0.1) is 24.2 Å². The number of nitriles is 1. The Hall–Kier alpha value is -2.99. The standard InChI is InChI=1S/C17H16N6O2S/c1-9(2)14-21-17(23-22-14)26-15-13(10(8-18)16(24)25-3)19-11-6-4-5-7-12(11)20-15/h4-7,9-10H,1-3H3,(H,21,22,23). The maximum Gasteiger partial charge on any atom is 0.329 e. The van der Waals surface area contributed by atoms with E-state index in [0.29, 0.717) is 21.2 Å². The van der Waals surface area contributed by atoms with E-state index in [0.717, 1.165) is 17.6 Å². The van der Waals surface area contributed by atoms with Crippen LogP contribution in [0.1, 0.15) is 37.2 Å². The van der Waals surface area contributed by atoms with Crippen molar-refractivity contribution in [2.24, 2.45) is 0 Å². The highest BCUT2D eigenvalue weighted by Crippen LogP contribution is 2.32. The molecular weight excluding hydrogens is 352 g/mol. The number of aromatic amines is 1. The third kappa shape index (κ3) is 3.50. The molecule has 1 atom stereocenters.